The SMILES string of the molecule is COc1ccc(COCC(O)CN2CCC(Cc3ccccc3)CC2)cc1OC. The molecule has 1 aliphatic heterocycles. The van der Waals surface area contributed by atoms with Crippen LogP contribution in [0, 0.1) is 5.92 Å². The number of methoxy groups -OCH3 is 2. The van der Waals surface area contributed by atoms with Crippen LogP contribution in [-0.4, -0.2) is 56.6 Å². The third kappa shape index (κ3) is 6.74. The number of likely N-dealkylation sites (tertiary alicyclic amines) is 1. The highest BCUT2D eigenvalue weighted by atomic mass is 16.5. The summed E-state index contributed by atoms with van der Waals surface area (Å²) in [4.78, 5) is 2.35. The Morgan fingerprint density at radius 1 is 0.966 bits per heavy atom. The van der Waals surface area contributed by atoms with Gasteiger partial charge in [-0.1, -0.05) is 36.4 Å². The molecule has 0 saturated carbocycles. The molecule has 5 nitrogen and oxygen atoms in total. The summed E-state index contributed by atoms with van der Waals surface area (Å²) in [5.41, 5.74) is 2.42. The predicted molar refractivity (Wildman–Crippen MR) is 115 cm³/mol. The molecule has 1 heterocycles. The van der Waals surface area contributed by atoms with Crippen LogP contribution in [0.5, 0.6) is 11.5 Å². The van der Waals surface area contributed by atoms with E-state index in [4.69, 9.17) is 14.2 Å². The van der Waals surface area contributed by atoms with E-state index in [1.54, 1.807) is 14.2 Å². The summed E-state index contributed by atoms with van der Waals surface area (Å²) in [6, 6.07) is 16.5. The smallest absolute Gasteiger partial charge is 0.161 e. The molecule has 0 spiro atoms. The summed E-state index contributed by atoms with van der Waals surface area (Å²) in [5.74, 6) is 2.13. The number of aliphatic hydroxyl groups is 1. The van der Waals surface area contributed by atoms with Gasteiger partial charge in [0.1, 0.15) is 0 Å². The van der Waals surface area contributed by atoms with E-state index in [1.807, 2.05) is 18.2 Å². The van der Waals surface area contributed by atoms with Crippen molar-refractivity contribution < 1.29 is 19.3 Å². The van der Waals surface area contributed by atoms with Gasteiger partial charge in [0.05, 0.1) is 33.5 Å². The first kappa shape index (κ1) is 21.6. The average Bonchev–Trinajstić information content (AvgIpc) is 2.75. The Kier molecular flexibility index (Phi) is 8.35. The predicted octanol–water partition coefficient (Wildman–Crippen LogP) is 3.54. The normalized spacial score (nSPS) is 16.5. The van der Waals surface area contributed by atoms with Crippen LogP contribution in [0.1, 0.15) is 24.0 Å². The summed E-state index contributed by atoms with van der Waals surface area (Å²) in [6.07, 6.45) is 3.06. The van der Waals surface area contributed by atoms with Crippen LogP contribution < -0.4 is 9.47 Å². The first-order chi connectivity index (χ1) is 14.2. The fraction of sp³-hybridized carbons (Fsp3) is 0.500. The summed E-state index contributed by atoms with van der Waals surface area (Å²) in [7, 11) is 3.24. The van der Waals surface area contributed by atoms with Crippen molar-refractivity contribution in [1.82, 2.24) is 4.90 Å². The zero-order valence-electron chi connectivity index (χ0n) is 17.5. The van der Waals surface area contributed by atoms with Crippen molar-refractivity contribution in [2.24, 2.45) is 5.92 Å². The number of aliphatic hydroxyl groups excluding tert-OH is 1. The summed E-state index contributed by atoms with van der Waals surface area (Å²) in [5, 5.41) is 10.4. The molecule has 0 aliphatic carbocycles. The number of hydrogen-bond acceptors (Lipinski definition) is 5. The number of ether oxygens (including phenoxy) is 3. The third-order valence-corrected chi connectivity index (χ3v) is 5.57. The van der Waals surface area contributed by atoms with Crippen LogP contribution in [0.4, 0.5) is 0 Å². The topological polar surface area (TPSA) is 51.2 Å². The number of β-amino-alcohol motifs (C(OH)–C–C–N with tert-alkyl or cyclic N) is 1. The summed E-state index contributed by atoms with van der Waals surface area (Å²) in [6.45, 7) is 3.54. The van der Waals surface area contributed by atoms with Crippen LogP contribution in [0.25, 0.3) is 0 Å². The van der Waals surface area contributed by atoms with Crippen LogP contribution in [0.3, 0.4) is 0 Å². The van der Waals surface area contributed by atoms with Crippen molar-refractivity contribution >= 4 is 0 Å². The van der Waals surface area contributed by atoms with Crippen molar-refractivity contribution in [2.45, 2.75) is 32.0 Å². The van der Waals surface area contributed by atoms with E-state index in [0.717, 1.165) is 31.0 Å². The number of rotatable bonds is 10. The molecule has 158 valence electrons. The first-order valence-corrected chi connectivity index (χ1v) is 10.4. The number of hydrogen-bond donors (Lipinski definition) is 1. The molecule has 0 radical (unpaired) electrons. The first-order valence-electron chi connectivity index (χ1n) is 10.4. The highest BCUT2D eigenvalue weighted by molar-refractivity contribution is 5.42. The van der Waals surface area contributed by atoms with Crippen LogP contribution in [-0.2, 0) is 17.8 Å². The van der Waals surface area contributed by atoms with Crippen molar-refractivity contribution in [3.05, 3.63) is 59.7 Å². The second kappa shape index (κ2) is 11.2. The summed E-state index contributed by atoms with van der Waals surface area (Å²) >= 11 is 0. The van der Waals surface area contributed by atoms with Gasteiger partial charge in [-0.25, -0.2) is 0 Å². The molecule has 2 aromatic rings. The van der Waals surface area contributed by atoms with E-state index in [1.165, 1.54) is 18.4 Å². The molecule has 0 aromatic heterocycles. The molecule has 5 heteroatoms. The molecule has 0 amide bonds. The van der Waals surface area contributed by atoms with Gasteiger partial charge in [-0.15, -0.1) is 0 Å². The number of nitrogens with zero attached hydrogens (tertiary/aromatic N) is 1. The minimum absolute atomic E-state index is 0.332. The minimum Gasteiger partial charge on any atom is -0.493 e. The second-order valence-electron chi connectivity index (χ2n) is 7.79. The molecular formula is C24H33NO4. The van der Waals surface area contributed by atoms with E-state index in [0.29, 0.717) is 31.3 Å². The molecule has 0 bridgehead atoms. The molecule has 1 saturated heterocycles. The van der Waals surface area contributed by atoms with Gasteiger partial charge in [0, 0.05) is 6.54 Å². The molecule has 1 atom stereocenters. The van der Waals surface area contributed by atoms with Crippen molar-refractivity contribution in [2.75, 3.05) is 40.5 Å². The number of benzene rings is 2. The monoisotopic (exact) mass is 399 g/mol. The average molecular weight is 400 g/mol. The Labute approximate surface area is 174 Å². The maximum atomic E-state index is 10.4. The molecule has 2 aromatic carbocycles. The van der Waals surface area contributed by atoms with Crippen molar-refractivity contribution in [3.8, 4) is 11.5 Å². The molecular weight excluding hydrogens is 366 g/mol. The molecule has 1 unspecified atom stereocenters. The fourth-order valence-electron chi connectivity index (χ4n) is 3.95. The Balaban J connectivity index is 1.34. The minimum atomic E-state index is -0.471. The largest absolute Gasteiger partial charge is 0.493 e. The van der Waals surface area contributed by atoms with Crippen LogP contribution >= 0.6 is 0 Å². The summed E-state index contributed by atoms with van der Waals surface area (Å²) < 4.78 is 16.3. The maximum Gasteiger partial charge on any atom is 0.161 e. The Hall–Kier alpha value is -2.08. The highest BCUT2D eigenvalue weighted by Gasteiger charge is 2.21. The van der Waals surface area contributed by atoms with Crippen molar-refractivity contribution in [1.29, 1.82) is 0 Å². The van der Waals surface area contributed by atoms with E-state index in [9.17, 15) is 5.11 Å². The molecule has 1 fully saturated rings. The van der Waals surface area contributed by atoms with Gasteiger partial charge in [-0.2, -0.15) is 0 Å². The van der Waals surface area contributed by atoms with Gasteiger partial charge in [0.25, 0.3) is 0 Å². The van der Waals surface area contributed by atoms with Gasteiger partial charge >= 0.3 is 0 Å². The quantitative estimate of drug-likeness (QED) is 0.662. The van der Waals surface area contributed by atoms with E-state index in [-0.39, 0.29) is 0 Å². The van der Waals surface area contributed by atoms with Crippen LogP contribution in [0.2, 0.25) is 0 Å². The Morgan fingerprint density at radius 3 is 2.38 bits per heavy atom. The third-order valence-electron chi connectivity index (χ3n) is 5.57. The van der Waals surface area contributed by atoms with Crippen LogP contribution in [0.15, 0.2) is 48.5 Å². The fourth-order valence-corrected chi connectivity index (χ4v) is 3.95. The zero-order valence-corrected chi connectivity index (χ0v) is 17.5. The van der Waals surface area contributed by atoms with Crippen molar-refractivity contribution in [3.63, 3.8) is 0 Å². The molecule has 3 rings (SSSR count). The lowest BCUT2D eigenvalue weighted by Gasteiger charge is -2.33. The van der Waals surface area contributed by atoms with E-state index in [2.05, 4.69) is 35.2 Å². The van der Waals surface area contributed by atoms with Gasteiger partial charge in [-0.05, 0) is 61.5 Å². The van der Waals surface area contributed by atoms with Gasteiger partial charge in [-0.3, -0.25) is 0 Å². The molecule has 29 heavy (non-hydrogen) atoms. The van der Waals surface area contributed by atoms with E-state index >= 15 is 0 Å². The maximum absolute atomic E-state index is 10.4. The zero-order chi connectivity index (χ0) is 20.5. The number of piperidine rings is 1. The standard InChI is InChI=1S/C24H33NO4/c1-27-23-9-8-21(15-24(23)28-2)17-29-18-22(26)16-25-12-10-20(11-13-25)14-19-6-4-3-5-7-19/h3-9,15,20,22,26H,10-14,16-18H2,1-2H3. The van der Waals surface area contributed by atoms with Gasteiger partial charge in [0.2, 0.25) is 0 Å². The molecule has 1 N–H and O–H groups in total. The lowest BCUT2D eigenvalue weighted by atomic mass is 9.90. The lowest BCUT2D eigenvalue weighted by molar-refractivity contribution is 0.00446. The Morgan fingerprint density at radius 2 is 1.69 bits per heavy atom. The van der Waals surface area contributed by atoms with E-state index < -0.39 is 6.10 Å². The van der Waals surface area contributed by atoms with Gasteiger partial charge in [0.15, 0.2) is 11.5 Å². The Bertz CT molecular complexity index is 729. The lowest BCUT2D eigenvalue weighted by Crippen LogP contribution is -2.40. The highest BCUT2D eigenvalue weighted by Crippen LogP contribution is 2.27. The van der Waals surface area contributed by atoms with Gasteiger partial charge < -0.3 is 24.2 Å². The molecule has 1 aliphatic rings. The second-order valence-corrected chi connectivity index (χ2v) is 7.79.